The Morgan fingerprint density at radius 1 is 1.18 bits per heavy atom. The molecule has 1 N–H and O–H groups in total. The number of nitrogens with one attached hydrogen (secondary N) is 1. The fraction of sp³-hybridized carbons (Fsp3) is 0.0625. The van der Waals surface area contributed by atoms with E-state index in [0.717, 1.165) is 21.8 Å². The molecule has 0 fully saturated rings. The number of hydrogen-bond donors (Lipinski definition) is 1. The normalized spacial score (nSPS) is 13.6. The lowest BCUT2D eigenvalue weighted by molar-refractivity contribution is 0.256. The van der Waals surface area contributed by atoms with Gasteiger partial charge in [0, 0.05) is 29.0 Å². The Morgan fingerprint density at radius 3 is 2.95 bits per heavy atom. The van der Waals surface area contributed by atoms with Crippen molar-refractivity contribution in [2.24, 2.45) is 0 Å². The number of fused-ring (bicyclic) bond motifs is 1. The Labute approximate surface area is 131 Å². The van der Waals surface area contributed by atoms with Gasteiger partial charge < -0.3 is 5.32 Å². The molecule has 4 rings (SSSR count). The SMILES string of the molecule is O=C1Nc2ccccc2CN1c1csc(-c2cccnc2)n1. The number of aromatic nitrogens is 2. The Morgan fingerprint density at radius 2 is 2.09 bits per heavy atom. The van der Waals surface area contributed by atoms with Crippen LogP contribution < -0.4 is 10.2 Å². The van der Waals surface area contributed by atoms with Crippen LogP contribution in [0, 0.1) is 0 Å². The number of para-hydroxylation sites is 1. The van der Waals surface area contributed by atoms with Crippen LogP contribution in [0.3, 0.4) is 0 Å². The van der Waals surface area contributed by atoms with Crippen LogP contribution in [0.25, 0.3) is 10.6 Å². The van der Waals surface area contributed by atoms with Gasteiger partial charge in [0.25, 0.3) is 0 Å². The number of amides is 2. The minimum atomic E-state index is -0.151. The van der Waals surface area contributed by atoms with Gasteiger partial charge >= 0.3 is 6.03 Å². The minimum absolute atomic E-state index is 0.151. The van der Waals surface area contributed by atoms with E-state index in [1.54, 1.807) is 17.3 Å². The van der Waals surface area contributed by atoms with Crippen molar-refractivity contribution >= 4 is 28.9 Å². The summed E-state index contributed by atoms with van der Waals surface area (Å²) in [4.78, 5) is 22.6. The van der Waals surface area contributed by atoms with Gasteiger partial charge in [0.2, 0.25) is 0 Å². The quantitative estimate of drug-likeness (QED) is 0.784. The van der Waals surface area contributed by atoms with Crippen molar-refractivity contribution in [3.63, 3.8) is 0 Å². The summed E-state index contributed by atoms with van der Waals surface area (Å²) < 4.78 is 0. The topological polar surface area (TPSA) is 58.1 Å². The number of carbonyl (C=O) groups is 1. The zero-order valence-electron chi connectivity index (χ0n) is 11.6. The molecule has 22 heavy (non-hydrogen) atoms. The molecule has 5 nitrogen and oxygen atoms in total. The first-order chi connectivity index (χ1) is 10.8. The van der Waals surface area contributed by atoms with Gasteiger partial charge in [-0.1, -0.05) is 18.2 Å². The van der Waals surface area contributed by atoms with Crippen LogP contribution >= 0.6 is 11.3 Å². The van der Waals surface area contributed by atoms with Crippen LogP contribution in [0.4, 0.5) is 16.3 Å². The molecule has 2 aromatic heterocycles. The summed E-state index contributed by atoms with van der Waals surface area (Å²) in [6.45, 7) is 0.526. The van der Waals surface area contributed by atoms with E-state index in [0.29, 0.717) is 12.4 Å². The van der Waals surface area contributed by atoms with Crippen molar-refractivity contribution in [1.29, 1.82) is 0 Å². The summed E-state index contributed by atoms with van der Waals surface area (Å²) in [6.07, 6.45) is 3.50. The third kappa shape index (κ3) is 2.23. The summed E-state index contributed by atoms with van der Waals surface area (Å²) in [5, 5.41) is 5.65. The predicted molar refractivity (Wildman–Crippen MR) is 87.0 cm³/mol. The molecule has 6 heteroatoms. The fourth-order valence-electron chi connectivity index (χ4n) is 2.40. The van der Waals surface area contributed by atoms with Gasteiger partial charge in [0.15, 0.2) is 0 Å². The molecule has 2 amide bonds. The first-order valence-corrected chi connectivity index (χ1v) is 7.71. The van der Waals surface area contributed by atoms with Gasteiger partial charge in [0.1, 0.15) is 10.8 Å². The zero-order chi connectivity index (χ0) is 14.9. The highest BCUT2D eigenvalue weighted by Gasteiger charge is 2.25. The molecule has 1 aliphatic rings. The molecule has 0 atom stereocenters. The van der Waals surface area contributed by atoms with Gasteiger partial charge in [-0.3, -0.25) is 9.88 Å². The highest BCUT2D eigenvalue weighted by Crippen LogP contribution is 2.31. The van der Waals surface area contributed by atoms with Crippen molar-refractivity contribution < 1.29 is 4.79 Å². The summed E-state index contributed by atoms with van der Waals surface area (Å²) in [7, 11) is 0. The predicted octanol–water partition coefficient (Wildman–Crippen LogP) is 3.76. The lowest BCUT2D eigenvalue weighted by Crippen LogP contribution is -2.38. The van der Waals surface area contributed by atoms with Crippen LogP contribution in [-0.4, -0.2) is 16.0 Å². The average molecular weight is 308 g/mol. The fourth-order valence-corrected chi connectivity index (χ4v) is 3.20. The van der Waals surface area contributed by atoms with E-state index in [1.165, 1.54) is 11.3 Å². The number of pyridine rings is 1. The molecule has 0 aliphatic carbocycles. The van der Waals surface area contributed by atoms with Crippen LogP contribution in [-0.2, 0) is 6.54 Å². The number of thiazole rings is 1. The second-order valence-electron chi connectivity index (χ2n) is 4.93. The van der Waals surface area contributed by atoms with E-state index in [9.17, 15) is 4.79 Å². The van der Waals surface area contributed by atoms with Crippen LogP contribution in [0.1, 0.15) is 5.56 Å². The van der Waals surface area contributed by atoms with Crippen molar-refractivity contribution in [3.05, 3.63) is 59.7 Å². The van der Waals surface area contributed by atoms with Gasteiger partial charge in [-0.25, -0.2) is 9.78 Å². The highest BCUT2D eigenvalue weighted by molar-refractivity contribution is 7.13. The van der Waals surface area contributed by atoms with E-state index in [4.69, 9.17) is 0 Å². The Bertz CT molecular complexity index is 831. The molecular weight excluding hydrogens is 296 g/mol. The maximum Gasteiger partial charge on any atom is 0.327 e. The van der Waals surface area contributed by atoms with E-state index < -0.39 is 0 Å². The number of rotatable bonds is 2. The van der Waals surface area contributed by atoms with Gasteiger partial charge in [-0.2, -0.15) is 0 Å². The van der Waals surface area contributed by atoms with Crippen molar-refractivity contribution in [1.82, 2.24) is 9.97 Å². The first-order valence-electron chi connectivity index (χ1n) is 6.83. The van der Waals surface area contributed by atoms with Gasteiger partial charge in [-0.05, 0) is 23.8 Å². The first kappa shape index (κ1) is 13.0. The Hall–Kier alpha value is -2.73. The lowest BCUT2D eigenvalue weighted by atomic mass is 10.1. The van der Waals surface area contributed by atoms with Crippen molar-refractivity contribution in [3.8, 4) is 10.6 Å². The molecule has 0 saturated carbocycles. The van der Waals surface area contributed by atoms with E-state index >= 15 is 0 Å². The molecule has 3 heterocycles. The highest BCUT2D eigenvalue weighted by atomic mass is 32.1. The maximum absolute atomic E-state index is 12.3. The molecule has 0 unspecified atom stereocenters. The van der Waals surface area contributed by atoms with E-state index in [1.807, 2.05) is 41.8 Å². The number of carbonyl (C=O) groups excluding carboxylic acids is 1. The van der Waals surface area contributed by atoms with Crippen LogP contribution in [0.15, 0.2) is 54.2 Å². The van der Waals surface area contributed by atoms with Gasteiger partial charge in [0.05, 0.1) is 6.54 Å². The second kappa shape index (κ2) is 5.23. The number of anilines is 2. The molecule has 1 aromatic carbocycles. The molecule has 3 aromatic rings. The Kier molecular flexibility index (Phi) is 3.08. The van der Waals surface area contributed by atoms with Crippen molar-refractivity contribution in [2.45, 2.75) is 6.54 Å². The summed E-state index contributed by atoms with van der Waals surface area (Å²) in [6, 6.07) is 11.5. The molecule has 1 aliphatic heterocycles. The van der Waals surface area contributed by atoms with E-state index in [2.05, 4.69) is 15.3 Å². The monoisotopic (exact) mass is 308 g/mol. The molecule has 0 saturated heterocycles. The molecule has 0 spiro atoms. The minimum Gasteiger partial charge on any atom is -0.307 e. The zero-order valence-corrected chi connectivity index (χ0v) is 12.4. The van der Waals surface area contributed by atoms with E-state index in [-0.39, 0.29) is 6.03 Å². The van der Waals surface area contributed by atoms with Crippen molar-refractivity contribution in [2.75, 3.05) is 10.2 Å². The molecule has 0 bridgehead atoms. The molecule has 108 valence electrons. The number of hydrogen-bond acceptors (Lipinski definition) is 4. The number of benzene rings is 1. The smallest absolute Gasteiger partial charge is 0.307 e. The maximum atomic E-state index is 12.3. The molecular formula is C16H12N4OS. The third-order valence-electron chi connectivity index (χ3n) is 3.51. The second-order valence-corrected chi connectivity index (χ2v) is 5.78. The average Bonchev–Trinajstić information content (AvgIpc) is 3.05. The summed E-state index contributed by atoms with van der Waals surface area (Å²) in [5.41, 5.74) is 2.90. The lowest BCUT2D eigenvalue weighted by Gasteiger charge is -2.27. The number of nitrogens with zero attached hydrogens (tertiary/aromatic N) is 3. The number of urea groups is 1. The third-order valence-corrected chi connectivity index (χ3v) is 4.39. The standard InChI is InChI=1S/C16H12N4OS/c21-16-18-13-6-2-1-4-12(13)9-20(16)14-10-22-15(19-14)11-5-3-7-17-8-11/h1-8,10H,9H2,(H,18,21). The van der Waals surface area contributed by atoms with Gasteiger partial charge in [-0.15, -0.1) is 11.3 Å². The summed E-state index contributed by atoms with van der Waals surface area (Å²) in [5.74, 6) is 0.663. The Balaban J connectivity index is 1.66. The largest absolute Gasteiger partial charge is 0.327 e. The van der Waals surface area contributed by atoms with Crippen LogP contribution in [0.2, 0.25) is 0 Å². The molecule has 0 radical (unpaired) electrons. The summed E-state index contributed by atoms with van der Waals surface area (Å²) >= 11 is 1.51. The van der Waals surface area contributed by atoms with Crippen LogP contribution in [0.5, 0.6) is 0 Å².